The van der Waals surface area contributed by atoms with Crippen molar-refractivity contribution >= 4 is 11.5 Å². The van der Waals surface area contributed by atoms with Gasteiger partial charge in [-0.05, 0) is 43.5 Å². The summed E-state index contributed by atoms with van der Waals surface area (Å²) in [5.74, 6) is 2.86. The minimum absolute atomic E-state index is 0. The molecule has 0 atom stereocenters. The van der Waals surface area contributed by atoms with Crippen molar-refractivity contribution in [1.29, 1.82) is 0 Å². The lowest BCUT2D eigenvalue weighted by molar-refractivity contribution is 0.397. The molecule has 4 rings (SSSR count). The maximum absolute atomic E-state index is 6.21. The van der Waals surface area contributed by atoms with E-state index >= 15 is 0 Å². The number of aromatic nitrogens is 2. The van der Waals surface area contributed by atoms with E-state index in [2.05, 4.69) is 45.4 Å². The maximum Gasteiger partial charge on any atom is 0.212 e. The maximum atomic E-state index is 6.21. The zero-order chi connectivity index (χ0) is 25.0. The molecule has 2 N–H and O–H groups in total. The molecule has 2 aromatic heterocycles. The SMILES string of the molecule is C.C=C(NCc1ccc(OC)nc1)c1cccc(Oc2ccnc(NC3=CC=CCC3)c2)c1C.CC.[HH].[HH]. The van der Waals surface area contributed by atoms with Crippen LogP contribution in [0.2, 0.25) is 0 Å². The summed E-state index contributed by atoms with van der Waals surface area (Å²) in [6, 6.07) is 13.6. The van der Waals surface area contributed by atoms with Gasteiger partial charge >= 0.3 is 0 Å². The summed E-state index contributed by atoms with van der Waals surface area (Å²) in [6.07, 6.45) is 11.9. The number of benzene rings is 1. The van der Waals surface area contributed by atoms with Crippen LogP contribution < -0.4 is 20.1 Å². The summed E-state index contributed by atoms with van der Waals surface area (Å²) in [5, 5.41) is 6.75. The Kier molecular flexibility index (Phi) is 11.2. The highest BCUT2D eigenvalue weighted by molar-refractivity contribution is 5.67. The summed E-state index contributed by atoms with van der Waals surface area (Å²) in [6.45, 7) is 10.9. The van der Waals surface area contributed by atoms with Crippen molar-refractivity contribution < 1.29 is 12.3 Å². The zero-order valence-electron chi connectivity index (χ0n) is 21.0. The standard InChI is InChI=1S/C27H28N4O2.C2H6.CH4.2H2/c1-19-24(20(2)29-17-21-12-13-27(32-3)30-18-21)10-7-11-25(19)33-23-14-15-28-26(16-23)31-22-8-5-4-6-9-22;1-2;;;/h4-5,7-8,10-16,18,29H,2,6,9,17H2,1,3H3,(H,28,31);1-2H3;1H4;2*1H. The highest BCUT2D eigenvalue weighted by atomic mass is 16.5. The molecule has 3 aromatic rings. The predicted octanol–water partition coefficient (Wildman–Crippen LogP) is 8.15. The minimum atomic E-state index is 0. The van der Waals surface area contributed by atoms with Crippen molar-refractivity contribution in [2.24, 2.45) is 0 Å². The van der Waals surface area contributed by atoms with Crippen molar-refractivity contribution in [1.82, 2.24) is 15.3 Å². The summed E-state index contributed by atoms with van der Waals surface area (Å²) in [7, 11) is 1.61. The zero-order valence-corrected chi connectivity index (χ0v) is 21.0. The van der Waals surface area contributed by atoms with E-state index in [0.29, 0.717) is 12.4 Å². The Labute approximate surface area is 218 Å². The molecule has 1 aliphatic rings. The number of methoxy groups -OCH3 is 1. The first-order chi connectivity index (χ1) is 17.1. The first-order valence-electron chi connectivity index (χ1n) is 11.9. The fourth-order valence-electron chi connectivity index (χ4n) is 3.53. The Hall–Kier alpha value is -4.06. The van der Waals surface area contributed by atoms with Crippen LogP contribution in [0.25, 0.3) is 5.70 Å². The normalized spacial score (nSPS) is 11.7. The van der Waals surface area contributed by atoms with Crippen LogP contribution in [-0.2, 0) is 6.54 Å². The lowest BCUT2D eigenvalue weighted by Gasteiger charge is -2.16. The van der Waals surface area contributed by atoms with E-state index in [1.54, 1.807) is 19.5 Å². The lowest BCUT2D eigenvalue weighted by Crippen LogP contribution is -2.12. The smallest absolute Gasteiger partial charge is 0.212 e. The van der Waals surface area contributed by atoms with E-state index in [0.717, 1.165) is 58.2 Å². The summed E-state index contributed by atoms with van der Waals surface area (Å²) in [5.41, 5.74) is 5.02. The topological polar surface area (TPSA) is 68.3 Å². The molecule has 1 aliphatic carbocycles. The van der Waals surface area contributed by atoms with Crippen LogP contribution in [0.1, 0.15) is 53.7 Å². The molecule has 0 radical (unpaired) electrons. The molecule has 6 nitrogen and oxygen atoms in total. The highest BCUT2D eigenvalue weighted by Gasteiger charge is 2.10. The van der Waals surface area contributed by atoms with Crippen molar-refractivity contribution in [3.05, 3.63) is 102 Å². The van der Waals surface area contributed by atoms with Crippen LogP contribution in [0, 0.1) is 6.92 Å². The molecule has 36 heavy (non-hydrogen) atoms. The molecule has 0 saturated carbocycles. The van der Waals surface area contributed by atoms with Gasteiger partial charge in [0, 0.05) is 56.4 Å². The van der Waals surface area contributed by atoms with Gasteiger partial charge < -0.3 is 20.1 Å². The Bertz CT molecular complexity index is 1200. The molecular formula is C30H42N4O2. The van der Waals surface area contributed by atoms with Gasteiger partial charge in [-0.2, -0.15) is 0 Å². The molecule has 0 amide bonds. The quantitative estimate of drug-likeness (QED) is 0.315. The van der Waals surface area contributed by atoms with Gasteiger partial charge in [0.2, 0.25) is 5.88 Å². The Morgan fingerprint density at radius 1 is 1.14 bits per heavy atom. The number of anilines is 1. The van der Waals surface area contributed by atoms with E-state index < -0.39 is 0 Å². The van der Waals surface area contributed by atoms with Crippen molar-refractivity contribution in [2.45, 2.75) is 47.6 Å². The van der Waals surface area contributed by atoms with Gasteiger partial charge in [-0.1, -0.05) is 58.2 Å². The van der Waals surface area contributed by atoms with E-state index in [9.17, 15) is 0 Å². The number of nitrogens with one attached hydrogen (secondary N) is 2. The molecular weight excluding hydrogens is 448 g/mol. The average Bonchev–Trinajstić information content (AvgIpc) is 2.91. The monoisotopic (exact) mass is 490 g/mol. The van der Waals surface area contributed by atoms with Crippen LogP contribution >= 0.6 is 0 Å². The molecule has 0 bridgehead atoms. The van der Waals surface area contributed by atoms with E-state index in [4.69, 9.17) is 9.47 Å². The fraction of sp³-hybridized carbons (Fsp3) is 0.267. The highest BCUT2D eigenvalue weighted by Crippen LogP contribution is 2.30. The summed E-state index contributed by atoms with van der Waals surface area (Å²) < 4.78 is 11.3. The first-order valence-corrected chi connectivity index (χ1v) is 11.9. The second kappa shape index (κ2) is 14.4. The minimum Gasteiger partial charge on any atom is -0.481 e. The predicted molar refractivity (Wildman–Crippen MR) is 155 cm³/mol. The lowest BCUT2D eigenvalue weighted by atomic mass is 10.1. The number of nitrogens with zero attached hydrogens (tertiary/aromatic N) is 2. The second-order valence-corrected chi connectivity index (χ2v) is 7.73. The van der Waals surface area contributed by atoms with Crippen LogP contribution in [0.5, 0.6) is 17.4 Å². The molecule has 2 heterocycles. The molecule has 6 heteroatoms. The second-order valence-electron chi connectivity index (χ2n) is 7.73. The Balaban J connectivity index is 0.00000267. The fourth-order valence-corrected chi connectivity index (χ4v) is 3.53. The molecule has 0 spiro atoms. The van der Waals surface area contributed by atoms with E-state index in [1.807, 2.05) is 63.2 Å². The molecule has 194 valence electrons. The van der Waals surface area contributed by atoms with Crippen LogP contribution in [0.4, 0.5) is 5.82 Å². The van der Waals surface area contributed by atoms with Gasteiger partial charge in [0.05, 0.1) is 7.11 Å². The molecule has 1 aromatic carbocycles. The Morgan fingerprint density at radius 2 is 1.97 bits per heavy atom. The molecule has 0 unspecified atom stereocenters. The van der Waals surface area contributed by atoms with Crippen LogP contribution in [0.3, 0.4) is 0 Å². The Morgan fingerprint density at radius 3 is 2.67 bits per heavy atom. The van der Waals surface area contributed by atoms with Gasteiger partial charge in [0.15, 0.2) is 0 Å². The average molecular weight is 491 g/mol. The summed E-state index contributed by atoms with van der Waals surface area (Å²) in [4.78, 5) is 8.66. The van der Waals surface area contributed by atoms with Crippen LogP contribution in [0.15, 0.2) is 85.4 Å². The third-order valence-electron chi connectivity index (χ3n) is 5.38. The number of pyridine rings is 2. The van der Waals surface area contributed by atoms with Gasteiger partial charge in [0.25, 0.3) is 0 Å². The number of allylic oxidation sites excluding steroid dienone is 4. The van der Waals surface area contributed by atoms with Gasteiger partial charge in [-0.3, -0.25) is 0 Å². The van der Waals surface area contributed by atoms with Gasteiger partial charge in [0.1, 0.15) is 17.3 Å². The number of rotatable bonds is 9. The number of hydrogen-bond acceptors (Lipinski definition) is 6. The third kappa shape index (κ3) is 7.73. The third-order valence-corrected chi connectivity index (χ3v) is 5.38. The van der Waals surface area contributed by atoms with Crippen molar-refractivity contribution in [3.8, 4) is 17.4 Å². The van der Waals surface area contributed by atoms with Crippen molar-refractivity contribution in [3.63, 3.8) is 0 Å². The molecule has 0 aliphatic heterocycles. The summed E-state index contributed by atoms with van der Waals surface area (Å²) >= 11 is 0. The number of ether oxygens (including phenoxy) is 2. The van der Waals surface area contributed by atoms with E-state index in [1.165, 1.54) is 0 Å². The van der Waals surface area contributed by atoms with Gasteiger partial charge in [-0.25, -0.2) is 9.97 Å². The molecule has 0 fully saturated rings. The van der Waals surface area contributed by atoms with Crippen LogP contribution in [-0.4, -0.2) is 17.1 Å². The first kappa shape index (κ1) is 28.2. The van der Waals surface area contributed by atoms with Gasteiger partial charge in [-0.15, -0.1) is 0 Å². The number of hydrogen-bond donors (Lipinski definition) is 2. The van der Waals surface area contributed by atoms with E-state index in [-0.39, 0.29) is 10.3 Å². The largest absolute Gasteiger partial charge is 0.481 e. The van der Waals surface area contributed by atoms with Crippen molar-refractivity contribution in [2.75, 3.05) is 12.4 Å². The molecule has 0 saturated heterocycles.